The summed E-state index contributed by atoms with van der Waals surface area (Å²) >= 11 is 0. The molecule has 0 heterocycles. The van der Waals surface area contributed by atoms with Gasteiger partial charge in [0.25, 0.3) is 5.91 Å². The van der Waals surface area contributed by atoms with E-state index in [4.69, 9.17) is 0 Å². The van der Waals surface area contributed by atoms with Crippen LogP contribution in [0.15, 0.2) is 24.3 Å². The van der Waals surface area contributed by atoms with Gasteiger partial charge in [-0.25, -0.2) is 5.48 Å². The first-order valence-corrected chi connectivity index (χ1v) is 3.64. The zero-order chi connectivity index (χ0) is 8.97. The molecule has 3 heteroatoms. The molecule has 3 nitrogen and oxygen atoms in total. The van der Waals surface area contributed by atoms with E-state index in [1.54, 1.807) is 12.1 Å². The number of hydroxylamine groups is 1. The van der Waals surface area contributed by atoms with Gasteiger partial charge in [0.1, 0.15) is 0 Å². The summed E-state index contributed by atoms with van der Waals surface area (Å²) < 4.78 is 0. The van der Waals surface area contributed by atoms with E-state index < -0.39 is 0 Å². The third-order valence-electron chi connectivity index (χ3n) is 1.51. The lowest BCUT2D eigenvalue weighted by molar-refractivity contribution is 0.0537. The Labute approximate surface area is 71.3 Å². The minimum Gasteiger partial charge on any atom is -0.277 e. The number of rotatable bonds is 2. The fourth-order valence-electron chi connectivity index (χ4n) is 0.857. The highest BCUT2D eigenvalue weighted by Crippen LogP contribution is 2.02. The Morgan fingerprint density at radius 3 is 2.42 bits per heavy atom. The van der Waals surface area contributed by atoms with E-state index in [-0.39, 0.29) is 5.91 Å². The van der Waals surface area contributed by atoms with Crippen LogP contribution < -0.4 is 5.48 Å². The molecule has 0 aromatic heterocycles. The molecule has 1 aromatic rings. The monoisotopic (exact) mass is 165 g/mol. The molecular weight excluding hydrogens is 154 g/mol. The third kappa shape index (κ3) is 2.07. The summed E-state index contributed by atoms with van der Waals surface area (Å²) in [6.07, 6.45) is 0. The third-order valence-corrected chi connectivity index (χ3v) is 1.51. The maximum absolute atomic E-state index is 11.1. The van der Waals surface area contributed by atoms with E-state index in [1.807, 2.05) is 19.1 Å². The quantitative estimate of drug-likeness (QED) is 0.670. The number of carbonyl (C=O) groups excluding carboxylic acids is 1. The minimum absolute atomic E-state index is 0.225. The van der Waals surface area contributed by atoms with Crippen LogP contribution in [0.25, 0.3) is 0 Å². The van der Waals surface area contributed by atoms with E-state index in [9.17, 15) is 4.79 Å². The van der Waals surface area contributed by atoms with E-state index in [0.29, 0.717) is 5.56 Å². The number of hydrogen-bond acceptors (Lipinski definition) is 2. The molecule has 0 radical (unpaired) electrons. The van der Waals surface area contributed by atoms with Crippen molar-refractivity contribution < 1.29 is 9.63 Å². The second-order valence-electron chi connectivity index (χ2n) is 2.50. The zero-order valence-corrected chi connectivity index (χ0v) is 7.13. The summed E-state index contributed by atoms with van der Waals surface area (Å²) in [6.45, 7) is 1.97. The number of aryl methyl sites for hydroxylation is 1. The van der Waals surface area contributed by atoms with Gasteiger partial charge in [-0.3, -0.25) is 9.63 Å². The number of amides is 1. The Kier molecular flexibility index (Phi) is 2.82. The SMILES string of the molecule is CONC(=O)c1ccc(C)cc1. The molecule has 1 N–H and O–H groups in total. The van der Waals surface area contributed by atoms with Gasteiger partial charge in [0.2, 0.25) is 0 Å². The molecule has 0 bridgehead atoms. The van der Waals surface area contributed by atoms with Gasteiger partial charge in [-0.05, 0) is 19.1 Å². The summed E-state index contributed by atoms with van der Waals surface area (Å²) in [4.78, 5) is 15.6. The lowest BCUT2D eigenvalue weighted by atomic mass is 10.1. The second-order valence-corrected chi connectivity index (χ2v) is 2.50. The van der Waals surface area contributed by atoms with Gasteiger partial charge in [-0.2, -0.15) is 0 Å². The lowest BCUT2D eigenvalue weighted by Gasteiger charge is -2.01. The maximum Gasteiger partial charge on any atom is 0.274 e. The van der Waals surface area contributed by atoms with Crippen molar-refractivity contribution in [3.63, 3.8) is 0 Å². The number of hydrogen-bond donors (Lipinski definition) is 1. The van der Waals surface area contributed by atoms with Crippen LogP contribution in [-0.4, -0.2) is 13.0 Å². The Morgan fingerprint density at radius 2 is 1.92 bits per heavy atom. The largest absolute Gasteiger partial charge is 0.277 e. The molecule has 0 saturated heterocycles. The zero-order valence-electron chi connectivity index (χ0n) is 7.13. The van der Waals surface area contributed by atoms with Crippen LogP contribution >= 0.6 is 0 Å². The normalized spacial score (nSPS) is 9.50. The fraction of sp³-hybridized carbons (Fsp3) is 0.222. The predicted molar refractivity (Wildman–Crippen MR) is 45.7 cm³/mol. The van der Waals surface area contributed by atoms with Crippen LogP contribution in [-0.2, 0) is 4.84 Å². The average molecular weight is 165 g/mol. The molecule has 0 aliphatic heterocycles. The van der Waals surface area contributed by atoms with Crippen LogP contribution in [0.3, 0.4) is 0 Å². The number of benzene rings is 1. The molecule has 0 atom stereocenters. The molecule has 12 heavy (non-hydrogen) atoms. The van der Waals surface area contributed by atoms with E-state index in [1.165, 1.54) is 7.11 Å². The molecular formula is C9H11NO2. The molecule has 0 spiro atoms. The Morgan fingerprint density at radius 1 is 1.33 bits per heavy atom. The van der Waals surface area contributed by atoms with Crippen molar-refractivity contribution in [1.82, 2.24) is 5.48 Å². The van der Waals surface area contributed by atoms with Gasteiger partial charge in [0, 0.05) is 5.56 Å². The van der Waals surface area contributed by atoms with Crippen LogP contribution in [0.1, 0.15) is 15.9 Å². The highest BCUT2D eigenvalue weighted by Gasteiger charge is 2.02. The second kappa shape index (κ2) is 3.88. The summed E-state index contributed by atoms with van der Waals surface area (Å²) in [5.74, 6) is -0.225. The van der Waals surface area contributed by atoms with Crippen molar-refractivity contribution in [2.24, 2.45) is 0 Å². The molecule has 0 aliphatic carbocycles. The Hall–Kier alpha value is -1.35. The summed E-state index contributed by atoms with van der Waals surface area (Å²) in [7, 11) is 1.41. The van der Waals surface area contributed by atoms with Crippen LogP contribution in [0.5, 0.6) is 0 Å². The van der Waals surface area contributed by atoms with Gasteiger partial charge < -0.3 is 0 Å². The maximum atomic E-state index is 11.1. The molecule has 1 rings (SSSR count). The van der Waals surface area contributed by atoms with Crippen molar-refractivity contribution in [3.8, 4) is 0 Å². The summed E-state index contributed by atoms with van der Waals surface area (Å²) in [5.41, 5.74) is 3.97. The first kappa shape index (κ1) is 8.74. The highest BCUT2D eigenvalue weighted by molar-refractivity contribution is 5.93. The Bertz CT molecular complexity index is 266. The fourth-order valence-corrected chi connectivity index (χ4v) is 0.857. The van der Waals surface area contributed by atoms with E-state index in [0.717, 1.165) is 5.56 Å². The number of nitrogens with one attached hydrogen (secondary N) is 1. The van der Waals surface area contributed by atoms with Crippen molar-refractivity contribution >= 4 is 5.91 Å². The van der Waals surface area contributed by atoms with Crippen molar-refractivity contribution in [2.45, 2.75) is 6.92 Å². The predicted octanol–water partition coefficient (Wildman–Crippen LogP) is 1.29. The average Bonchev–Trinajstić information content (AvgIpc) is 2.06. The van der Waals surface area contributed by atoms with Crippen molar-refractivity contribution in [3.05, 3.63) is 35.4 Å². The topological polar surface area (TPSA) is 38.3 Å². The molecule has 0 saturated carbocycles. The number of carbonyl (C=O) groups is 1. The van der Waals surface area contributed by atoms with Crippen LogP contribution in [0.2, 0.25) is 0 Å². The van der Waals surface area contributed by atoms with Crippen LogP contribution in [0, 0.1) is 6.92 Å². The van der Waals surface area contributed by atoms with Gasteiger partial charge in [-0.15, -0.1) is 0 Å². The highest BCUT2D eigenvalue weighted by atomic mass is 16.6. The smallest absolute Gasteiger partial charge is 0.274 e. The first-order chi connectivity index (χ1) is 5.74. The molecule has 1 aromatic carbocycles. The standard InChI is InChI=1S/C9H11NO2/c1-7-3-5-8(6-4-7)9(11)10-12-2/h3-6H,1-2H3,(H,10,11). The first-order valence-electron chi connectivity index (χ1n) is 3.64. The lowest BCUT2D eigenvalue weighted by Crippen LogP contribution is -2.21. The summed E-state index contributed by atoms with van der Waals surface area (Å²) in [5, 5.41) is 0. The van der Waals surface area contributed by atoms with E-state index >= 15 is 0 Å². The van der Waals surface area contributed by atoms with E-state index in [2.05, 4.69) is 10.3 Å². The molecule has 0 unspecified atom stereocenters. The summed E-state index contributed by atoms with van der Waals surface area (Å²) in [6, 6.07) is 7.27. The minimum atomic E-state index is -0.225. The molecule has 1 amide bonds. The molecule has 64 valence electrons. The molecule has 0 aliphatic rings. The molecule has 0 fully saturated rings. The Balaban J connectivity index is 2.75. The van der Waals surface area contributed by atoms with Crippen molar-refractivity contribution in [2.75, 3.05) is 7.11 Å². The van der Waals surface area contributed by atoms with Crippen LogP contribution in [0.4, 0.5) is 0 Å². The van der Waals surface area contributed by atoms with Crippen molar-refractivity contribution in [1.29, 1.82) is 0 Å². The van der Waals surface area contributed by atoms with Gasteiger partial charge in [0.05, 0.1) is 7.11 Å². The van der Waals surface area contributed by atoms with Gasteiger partial charge >= 0.3 is 0 Å². The van der Waals surface area contributed by atoms with Gasteiger partial charge in [0.15, 0.2) is 0 Å². The van der Waals surface area contributed by atoms with Gasteiger partial charge in [-0.1, -0.05) is 17.7 Å².